The van der Waals surface area contributed by atoms with Crippen molar-refractivity contribution < 1.29 is 9.47 Å². The van der Waals surface area contributed by atoms with E-state index in [1.165, 1.54) is 0 Å². The Balaban J connectivity index is 1.81. The van der Waals surface area contributed by atoms with Gasteiger partial charge in [0.25, 0.3) is 0 Å². The molecule has 4 aromatic carbocycles. The van der Waals surface area contributed by atoms with Crippen molar-refractivity contribution >= 4 is 40.0 Å². The number of hydrogen-bond acceptors (Lipinski definition) is 2. The van der Waals surface area contributed by atoms with Gasteiger partial charge in [0, 0.05) is 34.6 Å². The normalized spacial score (nSPS) is 12.8. The fourth-order valence-electron chi connectivity index (χ4n) is 4.41. The smallest absolute Gasteiger partial charge is 0.127 e. The van der Waals surface area contributed by atoms with Crippen LogP contribution in [0.15, 0.2) is 60.7 Å². The highest BCUT2D eigenvalue weighted by atomic mass is 31.0. The Bertz CT molecular complexity index is 1380. The molecule has 1 heterocycles. The van der Waals surface area contributed by atoms with Crippen molar-refractivity contribution in [2.45, 2.75) is 12.8 Å². The maximum absolute atomic E-state index is 6.34. The van der Waals surface area contributed by atoms with E-state index in [9.17, 15) is 0 Å². The van der Waals surface area contributed by atoms with Gasteiger partial charge in [-0.15, -0.1) is 18.5 Å². The quantitative estimate of drug-likeness (QED) is 0.207. The van der Waals surface area contributed by atoms with E-state index in [1.54, 1.807) is 0 Å². The van der Waals surface area contributed by atoms with Gasteiger partial charge in [-0.25, -0.2) is 0 Å². The molecule has 5 rings (SSSR count). The Morgan fingerprint density at radius 3 is 1.53 bits per heavy atom. The molecule has 1 aliphatic rings. The molecule has 4 heteroatoms. The fraction of sp³-hybridized carbons (Fsp3) is 0.200. The third-order valence-electron chi connectivity index (χ3n) is 5.94. The summed E-state index contributed by atoms with van der Waals surface area (Å²) in [4.78, 5) is 0. The van der Waals surface area contributed by atoms with Gasteiger partial charge in [-0.3, -0.25) is 0 Å². The van der Waals surface area contributed by atoms with Gasteiger partial charge >= 0.3 is 0 Å². The van der Waals surface area contributed by atoms with Crippen LogP contribution in [0.4, 0.5) is 0 Å². The van der Waals surface area contributed by atoms with Crippen LogP contribution in [0.2, 0.25) is 0 Å². The van der Waals surface area contributed by atoms with Crippen LogP contribution in [0.3, 0.4) is 0 Å². The molecular formula is C30H26O2P2. The van der Waals surface area contributed by atoms with Gasteiger partial charge in [-0.1, -0.05) is 47.9 Å². The Kier molecular flexibility index (Phi) is 7.02. The molecular weight excluding hydrogens is 454 g/mol. The lowest BCUT2D eigenvalue weighted by molar-refractivity contribution is 0.264. The summed E-state index contributed by atoms with van der Waals surface area (Å²) in [5, 5.41) is 4.55. The summed E-state index contributed by atoms with van der Waals surface area (Å²) in [5.41, 5.74) is 4.19. The van der Waals surface area contributed by atoms with Crippen LogP contribution in [-0.2, 0) is 0 Å². The molecule has 0 bridgehead atoms. The summed E-state index contributed by atoms with van der Waals surface area (Å²) in [7, 11) is 5.31. The SMILES string of the molecule is PCC#Cc1ccc2c3c(ccc2c1)OCCCCOc1ccc2cc(C#CCP)ccc2c1-3. The molecule has 0 amide bonds. The van der Waals surface area contributed by atoms with Crippen molar-refractivity contribution in [1.82, 2.24) is 0 Å². The molecule has 0 N–H and O–H groups in total. The third-order valence-corrected chi connectivity index (χ3v) is 6.34. The number of benzene rings is 4. The number of rotatable bonds is 0. The van der Waals surface area contributed by atoms with Crippen molar-refractivity contribution in [3.63, 3.8) is 0 Å². The standard InChI is InChI=1S/C30H26O2P2/c33-17-3-5-21-7-11-25-23(19-21)9-13-27-29(25)30-26-12-8-22(6-4-18-34)20-24(26)10-14-28(30)32-16-2-1-15-31-27/h7-14,19-20H,1-2,15-18,33-34H2. The van der Waals surface area contributed by atoms with E-state index in [2.05, 4.69) is 103 Å². The molecule has 2 unspecified atom stereocenters. The average molecular weight is 480 g/mol. The summed E-state index contributed by atoms with van der Waals surface area (Å²) in [6.07, 6.45) is 3.44. The zero-order valence-corrected chi connectivity index (χ0v) is 21.3. The van der Waals surface area contributed by atoms with Crippen molar-refractivity contribution in [3.05, 3.63) is 71.8 Å². The van der Waals surface area contributed by atoms with E-state index in [1.807, 2.05) is 0 Å². The zero-order chi connectivity index (χ0) is 23.3. The minimum absolute atomic E-state index is 0.675. The van der Waals surface area contributed by atoms with Gasteiger partial charge in [0.05, 0.1) is 13.2 Å². The molecule has 1 aliphatic heterocycles. The largest absolute Gasteiger partial charge is 0.493 e. The summed E-state index contributed by atoms with van der Waals surface area (Å²) >= 11 is 0. The van der Waals surface area contributed by atoms with Crippen molar-refractivity contribution in [3.8, 4) is 46.3 Å². The Morgan fingerprint density at radius 1 is 0.618 bits per heavy atom. The lowest BCUT2D eigenvalue weighted by atomic mass is 9.91. The molecule has 2 atom stereocenters. The first-order valence-electron chi connectivity index (χ1n) is 11.6. The molecule has 0 spiro atoms. The fourth-order valence-corrected chi connectivity index (χ4v) is 4.61. The first kappa shape index (κ1) is 22.8. The van der Waals surface area contributed by atoms with Crippen molar-refractivity contribution in [2.75, 3.05) is 25.5 Å². The minimum Gasteiger partial charge on any atom is -0.493 e. The second kappa shape index (κ2) is 10.5. The van der Waals surface area contributed by atoms with Crippen LogP contribution >= 0.6 is 18.5 Å². The maximum atomic E-state index is 6.34. The predicted molar refractivity (Wildman–Crippen MR) is 150 cm³/mol. The molecule has 34 heavy (non-hydrogen) atoms. The second-order valence-corrected chi connectivity index (χ2v) is 8.98. The van der Waals surface area contributed by atoms with E-state index >= 15 is 0 Å². The highest BCUT2D eigenvalue weighted by molar-refractivity contribution is 7.17. The summed E-state index contributed by atoms with van der Waals surface area (Å²) in [6.45, 7) is 1.35. The molecule has 2 nitrogen and oxygen atoms in total. The lowest BCUT2D eigenvalue weighted by Crippen LogP contribution is -2.07. The van der Waals surface area contributed by atoms with Crippen LogP contribution < -0.4 is 9.47 Å². The van der Waals surface area contributed by atoms with Gasteiger partial charge in [0.1, 0.15) is 11.5 Å². The van der Waals surface area contributed by atoms with Crippen LogP contribution in [0.25, 0.3) is 32.7 Å². The zero-order valence-electron chi connectivity index (χ0n) is 19.0. The average Bonchev–Trinajstić information content (AvgIpc) is 2.88. The third kappa shape index (κ3) is 4.63. The van der Waals surface area contributed by atoms with Gasteiger partial charge in [0.2, 0.25) is 0 Å². The molecule has 0 saturated heterocycles. The van der Waals surface area contributed by atoms with Gasteiger partial charge < -0.3 is 9.47 Å². The van der Waals surface area contributed by atoms with E-state index in [4.69, 9.17) is 9.47 Å². The number of fused-ring (bicyclic) bond motifs is 7. The summed E-state index contributed by atoms with van der Waals surface area (Å²) in [6, 6.07) is 21.3. The van der Waals surface area contributed by atoms with Crippen LogP contribution in [0.5, 0.6) is 11.5 Å². The molecule has 0 aliphatic carbocycles. The highest BCUT2D eigenvalue weighted by Crippen LogP contribution is 2.46. The molecule has 168 valence electrons. The molecule has 0 aromatic heterocycles. The van der Waals surface area contributed by atoms with Crippen molar-refractivity contribution in [2.24, 2.45) is 0 Å². The lowest BCUT2D eigenvalue weighted by Gasteiger charge is -2.21. The van der Waals surface area contributed by atoms with Crippen LogP contribution in [-0.4, -0.2) is 25.5 Å². The Morgan fingerprint density at radius 2 is 1.09 bits per heavy atom. The van der Waals surface area contributed by atoms with E-state index in [0.717, 1.165) is 80.5 Å². The maximum Gasteiger partial charge on any atom is 0.127 e. The minimum atomic E-state index is 0.675. The predicted octanol–water partition coefficient (Wildman–Crippen LogP) is 6.66. The number of hydrogen-bond donors (Lipinski definition) is 0. The molecule has 4 aromatic rings. The topological polar surface area (TPSA) is 18.5 Å². The van der Waals surface area contributed by atoms with Gasteiger partial charge in [-0.2, -0.15) is 0 Å². The summed E-state index contributed by atoms with van der Waals surface area (Å²) in [5.74, 6) is 14.5. The Hall–Kier alpha value is -3.02. The molecule has 0 saturated carbocycles. The molecule has 0 fully saturated rings. The highest BCUT2D eigenvalue weighted by Gasteiger charge is 2.20. The van der Waals surface area contributed by atoms with Crippen LogP contribution in [0, 0.1) is 23.7 Å². The van der Waals surface area contributed by atoms with E-state index in [-0.39, 0.29) is 0 Å². The monoisotopic (exact) mass is 480 g/mol. The molecule has 0 radical (unpaired) electrons. The first-order valence-corrected chi connectivity index (χ1v) is 13.2. The second-order valence-electron chi connectivity index (χ2n) is 8.17. The van der Waals surface area contributed by atoms with Gasteiger partial charge in [-0.05, 0) is 70.8 Å². The summed E-state index contributed by atoms with van der Waals surface area (Å²) < 4.78 is 12.7. The van der Waals surface area contributed by atoms with E-state index < -0.39 is 0 Å². The number of ether oxygens (including phenoxy) is 2. The first-order chi connectivity index (χ1) is 16.8. The van der Waals surface area contributed by atoms with E-state index in [0.29, 0.717) is 13.2 Å². The van der Waals surface area contributed by atoms with Gasteiger partial charge in [0.15, 0.2) is 0 Å². The van der Waals surface area contributed by atoms with Crippen molar-refractivity contribution in [1.29, 1.82) is 0 Å². The Labute approximate surface area is 205 Å². The van der Waals surface area contributed by atoms with Crippen LogP contribution in [0.1, 0.15) is 24.0 Å².